The fourth-order valence-electron chi connectivity index (χ4n) is 1.90. The third-order valence-corrected chi connectivity index (χ3v) is 2.87. The molecule has 6 heteroatoms. The van der Waals surface area contributed by atoms with Gasteiger partial charge in [0.15, 0.2) is 0 Å². The van der Waals surface area contributed by atoms with Gasteiger partial charge in [0.1, 0.15) is 11.5 Å². The van der Waals surface area contributed by atoms with Crippen LogP contribution in [0.5, 0.6) is 0 Å². The quantitative estimate of drug-likeness (QED) is 0.901. The first kappa shape index (κ1) is 14.2. The molecule has 0 radical (unpaired) electrons. The summed E-state index contributed by atoms with van der Waals surface area (Å²) in [4.78, 5) is 18.0. The number of aromatic nitrogens is 2. The summed E-state index contributed by atoms with van der Waals surface area (Å²) in [5.41, 5.74) is 6.33. The summed E-state index contributed by atoms with van der Waals surface area (Å²) >= 11 is 0. The van der Waals surface area contributed by atoms with Gasteiger partial charge in [-0.05, 0) is 31.2 Å². The molecule has 0 aliphatic carbocycles. The molecule has 0 fully saturated rings. The highest BCUT2D eigenvalue weighted by atomic mass is 19.1. The Balaban J connectivity index is 2.29. The van der Waals surface area contributed by atoms with E-state index in [0.717, 1.165) is 0 Å². The molecule has 0 atom stereocenters. The minimum absolute atomic E-state index is 0.260. The first-order valence-corrected chi connectivity index (χ1v) is 6.37. The SMILES string of the molecule is Cn1cnc(C(=O)N(CCCN)c2cccc(F)c2)c1. The summed E-state index contributed by atoms with van der Waals surface area (Å²) in [5.74, 6) is -0.640. The standard InChI is InChI=1S/C14H17FN4O/c1-18-9-13(17-10-18)14(20)19(7-3-6-16)12-5-2-4-11(15)8-12/h2,4-5,8-10H,3,6-7,16H2,1H3. The highest BCUT2D eigenvalue weighted by Crippen LogP contribution is 2.18. The molecule has 0 saturated carbocycles. The second-order valence-electron chi connectivity index (χ2n) is 4.50. The molecule has 1 heterocycles. The van der Waals surface area contributed by atoms with Crippen molar-refractivity contribution in [3.8, 4) is 0 Å². The van der Waals surface area contributed by atoms with Gasteiger partial charge in [0.25, 0.3) is 5.91 Å². The van der Waals surface area contributed by atoms with Crippen LogP contribution in [0.4, 0.5) is 10.1 Å². The number of hydrogen-bond donors (Lipinski definition) is 1. The van der Waals surface area contributed by atoms with E-state index in [9.17, 15) is 9.18 Å². The van der Waals surface area contributed by atoms with Crippen molar-refractivity contribution in [1.82, 2.24) is 9.55 Å². The third kappa shape index (κ3) is 3.21. The summed E-state index contributed by atoms with van der Waals surface area (Å²) < 4.78 is 15.0. The van der Waals surface area contributed by atoms with Crippen LogP contribution >= 0.6 is 0 Å². The molecule has 5 nitrogen and oxygen atoms in total. The van der Waals surface area contributed by atoms with E-state index in [0.29, 0.717) is 30.9 Å². The molecule has 0 saturated heterocycles. The predicted molar refractivity (Wildman–Crippen MR) is 75.0 cm³/mol. The van der Waals surface area contributed by atoms with E-state index in [1.807, 2.05) is 0 Å². The number of nitrogens with zero attached hydrogens (tertiary/aromatic N) is 3. The van der Waals surface area contributed by atoms with E-state index in [1.165, 1.54) is 17.0 Å². The van der Waals surface area contributed by atoms with Crippen LogP contribution in [0.3, 0.4) is 0 Å². The number of amides is 1. The second-order valence-corrected chi connectivity index (χ2v) is 4.50. The lowest BCUT2D eigenvalue weighted by atomic mass is 10.2. The molecule has 0 aliphatic rings. The fourth-order valence-corrected chi connectivity index (χ4v) is 1.90. The van der Waals surface area contributed by atoms with E-state index in [2.05, 4.69) is 4.98 Å². The summed E-state index contributed by atoms with van der Waals surface area (Å²) in [6.45, 7) is 0.886. The lowest BCUT2D eigenvalue weighted by Crippen LogP contribution is -2.33. The van der Waals surface area contributed by atoms with Crippen LogP contribution in [0.2, 0.25) is 0 Å². The van der Waals surface area contributed by atoms with Crippen molar-refractivity contribution < 1.29 is 9.18 Å². The van der Waals surface area contributed by atoms with Gasteiger partial charge in [-0.3, -0.25) is 4.79 Å². The van der Waals surface area contributed by atoms with Gasteiger partial charge in [0, 0.05) is 25.5 Å². The molecule has 0 bridgehead atoms. The van der Waals surface area contributed by atoms with Crippen molar-refractivity contribution in [2.45, 2.75) is 6.42 Å². The zero-order valence-electron chi connectivity index (χ0n) is 11.3. The Kier molecular flexibility index (Phi) is 4.47. The van der Waals surface area contributed by atoms with Crippen LogP contribution in [0.15, 0.2) is 36.8 Å². The minimum atomic E-state index is -0.380. The Morgan fingerprint density at radius 2 is 2.30 bits per heavy atom. The third-order valence-electron chi connectivity index (χ3n) is 2.87. The van der Waals surface area contributed by atoms with E-state index in [-0.39, 0.29) is 11.7 Å². The van der Waals surface area contributed by atoms with Crippen molar-refractivity contribution in [3.63, 3.8) is 0 Å². The molecule has 2 N–H and O–H groups in total. The topological polar surface area (TPSA) is 64.2 Å². The van der Waals surface area contributed by atoms with Crippen molar-refractivity contribution in [1.29, 1.82) is 0 Å². The molecule has 106 valence electrons. The van der Waals surface area contributed by atoms with Gasteiger partial charge in [0.2, 0.25) is 0 Å². The normalized spacial score (nSPS) is 10.6. The summed E-state index contributed by atoms with van der Waals surface area (Å²) in [6.07, 6.45) is 3.83. The van der Waals surface area contributed by atoms with Crippen LogP contribution < -0.4 is 10.6 Å². The van der Waals surface area contributed by atoms with Gasteiger partial charge >= 0.3 is 0 Å². The zero-order valence-corrected chi connectivity index (χ0v) is 11.3. The summed E-state index contributed by atoms with van der Waals surface area (Å²) in [5, 5.41) is 0. The summed E-state index contributed by atoms with van der Waals surface area (Å²) in [6, 6.07) is 5.94. The molecule has 0 aliphatic heterocycles. The number of anilines is 1. The van der Waals surface area contributed by atoms with E-state index >= 15 is 0 Å². The largest absolute Gasteiger partial charge is 0.340 e. The van der Waals surface area contributed by atoms with Gasteiger partial charge < -0.3 is 15.2 Å². The number of carbonyl (C=O) groups is 1. The Labute approximate surface area is 116 Å². The molecule has 1 aromatic heterocycles. The average Bonchev–Trinajstić information content (AvgIpc) is 2.86. The predicted octanol–water partition coefficient (Wildman–Crippen LogP) is 1.55. The van der Waals surface area contributed by atoms with Gasteiger partial charge in [-0.15, -0.1) is 0 Å². The molecule has 0 spiro atoms. The zero-order chi connectivity index (χ0) is 14.5. The monoisotopic (exact) mass is 276 g/mol. The van der Waals surface area contributed by atoms with E-state index < -0.39 is 0 Å². The maximum atomic E-state index is 13.3. The van der Waals surface area contributed by atoms with E-state index in [4.69, 9.17) is 5.73 Å². The van der Waals surface area contributed by atoms with E-state index in [1.54, 1.807) is 36.3 Å². The first-order chi connectivity index (χ1) is 9.61. The van der Waals surface area contributed by atoms with Gasteiger partial charge in [-0.1, -0.05) is 6.07 Å². The number of carbonyl (C=O) groups excluding carboxylic acids is 1. The van der Waals surface area contributed by atoms with Gasteiger partial charge in [-0.25, -0.2) is 9.37 Å². The van der Waals surface area contributed by atoms with Crippen LogP contribution in [0.25, 0.3) is 0 Å². The molecular weight excluding hydrogens is 259 g/mol. The maximum absolute atomic E-state index is 13.3. The van der Waals surface area contributed by atoms with Crippen molar-refractivity contribution in [3.05, 3.63) is 48.3 Å². The van der Waals surface area contributed by atoms with Gasteiger partial charge in [0.05, 0.1) is 6.33 Å². The number of benzene rings is 1. The van der Waals surface area contributed by atoms with Crippen LogP contribution in [-0.4, -0.2) is 28.5 Å². The van der Waals surface area contributed by atoms with Crippen molar-refractivity contribution in [2.24, 2.45) is 12.8 Å². The second kappa shape index (κ2) is 6.29. The molecular formula is C14H17FN4O. The average molecular weight is 276 g/mol. The number of imidazole rings is 1. The molecule has 1 amide bonds. The van der Waals surface area contributed by atoms with Crippen molar-refractivity contribution >= 4 is 11.6 Å². The first-order valence-electron chi connectivity index (χ1n) is 6.37. The Hall–Kier alpha value is -2.21. The number of halogens is 1. The van der Waals surface area contributed by atoms with Crippen LogP contribution in [0, 0.1) is 5.82 Å². The maximum Gasteiger partial charge on any atom is 0.278 e. The molecule has 20 heavy (non-hydrogen) atoms. The van der Waals surface area contributed by atoms with Crippen molar-refractivity contribution in [2.75, 3.05) is 18.0 Å². The van der Waals surface area contributed by atoms with Crippen LogP contribution in [0.1, 0.15) is 16.9 Å². The molecule has 1 aromatic carbocycles. The minimum Gasteiger partial charge on any atom is -0.340 e. The number of nitrogens with two attached hydrogens (primary N) is 1. The molecule has 2 rings (SSSR count). The lowest BCUT2D eigenvalue weighted by Gasteiger charge is -2.21. The number of hydrogen-bond acceptors (Lipinski definition) is 3. The highest BCUT2D eigenvalue weighted by molar-refractivity contribution is 6.04. The smallest absolute Gasteiger partial charge is 0.278 e. The Morgan fingerprint density at radius 1 is 1.50 bits per heavy atom. The summed E-state index contributed by atoms with van der Waals surface area (Å²) in [7, 11) is 1.79. The van der Waals surface area contributed by atoms with Gasteiger partial charge in [-0.2, -0.15) is 0 Å². The Bertz CT molecular complexity index is 596. The molecule has 2 aromatic rings. The van der Waals surface area contributed by atoms with Crippen LogP contribution in [-0.2, 0) is 7.05 Å². The number of aryl methyl sites for hydroxylation is 1. The highest BCUT2D eigenvalue weighted by Gasteiger charge is 2.19. The molecule has 0 unspecified atom stereocenters. The fraction of sp³-hybridized carbons (Fsp3) is 0.286. The Morgan fingerprint density at radius 3 is 2.90 bits per heavy atom. The number of rotatable bonds is 5. The lowest BCUT2D eigenvalue weighted by molar-refractivity contribution is 0.0982.